The Balaban J connectivity index is 1.63. The molecular formula is C16H15N5O2. The molecule has 4 rings (SSSR count). The van der Waals surface area contributed by atoms with Crippen LogP contribution in [0, 0.1) is 13.8 Å². The van der Waals surface area contributed by atoms with Crippen LogP contribution in [0.2, 0.25) is 0 Å². The molecule has 0 N–H and O–H groups in total. The maximum Gasteiger partial charge on any atom is 0.215 e. The number of aromatic nitrogens is 5. The van der Waals surface area contributed by atoms with E-state index in [0.717, 1.165) is 33.4 Å². The zero-order valence-electron chi connectivity index (χ0n) is 13.1. The molecule has 0 fully saturated rings. The summed E-state index contributed by atoms with van der Waals surface area (Å²) in [4.78, 5) is 4.56. The van der Waals surface area contributed by atoms with E-state index >= 15 is 0 Å². The summed E-state index contributed by atoms with van der Waals surface area (Å²) in [7, 11) is 1.89. The molecule has 4 aromatic rings. The van der Waals surface area contributed by atoms with Gasteiger partial charge in [0, 0.05) is 18.5 Å². The lowest BCUT2D eigenvalue weighted by Gasteiger charge is -2.07. The lowest BCUT2D eigenvalue weighted by molar-refractivity contribution is 0.294. The van der Waals surface area contributed by atoms with E-state index in [0.29, 0.717) is 18.0 Å². The molecule has 0 saturated heterocycles. The van der Waals surface area contributed by atoms with Crippen LogP contribution in [-0.2, 0) is 13.7 Å². The van der Waals surface area contributed by atoms with E-state index < -0.39 is 0 Å². The van der Waals surface area contributed by atoms with E-state index in [9.17, 15) is 0 Å². The summed E-state index contributed by atoms with van der Waals surface area (Å²) in [6.45, 7) is 4.43. The molecule has 3 heterocycles. The van der Waals surface area contributed by atoms with Crippen LogP contribution in [0.1, 0.15) is 16.8 Å². The third-order valence-electron chi connectivity index (χ3n) is 3.85. The van der Waals surface area contributed by atoms with Gasteiger partial charge in [0.25, 0.3) is 0 Å². The molecule has 0 saturated carbocycles. The van der Waals surface area contributed by atoms with Gasteiger partial charge >= 0.3 is 0 Å². The number of fused-ring (bicyclic) bond motifs is 2. The molecule has 3 aromatic heterocycles. The predicted molar refractivity (Wildman–Crippen MR) is 84.1 cm³/mol. The third kappa shape index (κ3) is 2.30. The Bertz CT molecular complexity index is 1020. The average Bonchev–Trinajstić information content (AvgIpc) is 3.09. The number of hydrogen-bond donors (Lipinski definition) is 0. The molecule has 23 heavy (non-hydrogen) atoms. The topological polar surface area (TPSA) is 78.9 Å². The number of ether oxygens (including phenoxy) is 1. The fourth-order valence-electron chi connectivity index (χ4n) is 2.78. The fourth-order valence-corrected chi connectivity index (χ4v) is 2.78. The van der Waals surface area contributed by atoms with Crippen LogP contribution < -0.4 is 4.74 Å². The Morgan fingerprint density at radius 3 is 2.83 bits per heavy atom. The summed E-state index contributed by atoms with van der Waals surface area (Å²) in [5, 5.41) is 13.1. The Labute approximate surface area is 131 Å². The van der Waals surface area contributed by atoms with Gasteiger partial charge < -0.3 is 4.74 Å². The van der Waals surface area contributed by atoms with Gasteiger partial charge in [0.05, 0.1) is 5.69 Å². The van der Waals surface area contributed by atoms with Gasteiger partial charge in [-0.05, 0) is 47.4 Å². The Kier molecular flexibility index (Phi) is 3.00. The number of pyridine rings is 1. The summed E-state index contributed by atoms with van der Waals surface area (Å²) in [6, 6.07) is 7.63. The zero-order valence-corrected chi connectivity index (χ0v) is 13.1. The van der Waals surface area contributed by atoms with Crippen molar-refractivity contribution in [3.63, 3.8) is 0 Å². The number of nitrogens with zero attached hydrogens (tertiary/aromatic N) is 5. The lowest BCUT2D eigenvalue weighted by atomic mass is 10.2. The maximum absolute atomic E-state index is 5.84. The molecule has 0 unspecified atom stereocenters. The molecule has 7 heteroatoms. The van der Waals surface area contributed by atoms with Crippen LogP contribution in [0.3, 0.4) is 0 Å². The van der Waals surface area contributed by atoms with Crippen molar-refractivity contribution >= 4 is 22.1 Å². The van der Waals surface area contributed by atoms with Gasteiger partial charge in [-0.1, -0.05) is 6.07 Å². The van der Waals surface area contributed by atoms with E-state index in [4.69, 9.17) is 9.37 Å². The zero-order chi connectivity index (χ0) is 16.0. The Hall–Kier alpha value is -2.96. The van der Waals surface area contributed by atoms with Crippen molar-refractivity contribution in [3.05, 3.63) is 41.1 Å². The second-order valence-corrected chi connectivity index (χ2v) is 5.56. The van der Waals surface area contributed by atoms with E-state index in [1.54, 1.807) is 4.68 Å². The van der Waals surface area contributed by atoms with Gasteiger partial charge in [0.1, 0.15) is 17.6 Å². The molecule has 1 aromatic carbocycles. The van der Waals surface area contributed by atoms with Gasteiger partial charge in [0.15, 0.2) is 5.65 Å². The Morgan fingerprint density at radius 2 is 1.96 bits per heavy atom. The normalized spacial score (nSPS) is 11.4. The van der Waals surface area contributed by atoms with E-state index in [1.165, 1.54) is 0 Å². The number of aryl methyl sites for hydroxylation is 3. The minimum atomic E-state index is 0.400. The van der Waals surface area contributed by atoms with Gasteiger partial charge in [-0.3, -0.25) is 4.68 Å². The highest BCUT2D eigenvalue weighted by Crippen LogP contribution is 2.24. The summed E-state index contributed by atoms with van der Waals surface area (Å²) in [6.07, 6.45) is 0. The van der Waals surface area contributed by atoms with Crippen LogP contribution >= 0.6 is 0 Å². The van der Waals surface area contributed by atoms with Crippen molar-refractivity contribution in [2.75, 3.05) is 0 Å². The molecule has 0 aliphatic heterocycles. The van der Waals surface area contributed by atoms with E-state index in [2.05, 4.69) is 20.4 Å². The summed E-state index contributed by atoms with van der Waals surface area (Å²) >= 11 is 0. The van der Waals surface area contributed by atoms with Gasteiger partial charge in [0.2, 0.25) is 5.88 Å². The van der Waals surface area contributed by atoms with Gasteiger partial charge in [-0.15, -0.1) is 0 Å². The molecular weight excluding hydrogens is 294 g/mol. The first kappa shape index (κ1) is 13.7. The van der Waals surface area contributed by atoms with Crippen molar-refractivity contribution in [3.8, 4) is 5.88 Å². The summed E-state index contributed by atoms with van der Waals surface area (Å²) in [5.74, 6) is 0.580. The molecule has 0 spiro atoms. The second kappa shape index (κ2) is 5.05. The predicted octanol–water partition coefficient (Wildman–Crippen LogP) is 2.70. The first-order valence-electron chi connectivity index (χ1n) is 7.27. The molecule has 0 atom stereocenters. The molecule has 0 bridgehead atoms. The highest BCUT2D eigenvalue weighted by molar-refractivity contribution is 5.82. The minimum Gasteiger partial charge on any atom is -0.473 e. The van der Waals surface area contributed by atoms with Gasteiger partial charge in [-0.25, -0.2) is 4.63 Å². The SMILES string of the molecule is Cc1cc(OCc2ccc3nonc3c2)nc2c1c(C)nn2C. The average molecular weight is 309 g/mol. The number of hydrogen-bond acceptors (Lipinski definition) is 6. The molecule has 0 aliphatic rings. The van der Waals surface area contributed by atoms with E-state index in [1.807, 2.05) is 45.2 Å². The summed E-state index contributed by atoms with van der Waals surface area (Å²) < 4.78 is 12.3. The van der Waals surface area contributed by atoms with Crippen LogP contribution in [-0.4, -0.2) is 25.1 Å². The number of rotatable bonds is 3. The summed E-state index contributed by atoms with van der Waals surface area (Å²) in [5.41, 5.74) is 5.33. The second-order valence-electron chi connectivity index (χ2n) is 5.56. The monoisotopic (exact) mass is 309 g/mol. The highest BCUT2D eigenvalue weighted by atomic mass is 16.6. The molecule has 116 valence electrons. The molecule has 7 nitrogen and oxygen atoms in total. The van der Waals surface area contributed by atoms with E-state index in [-0.39, 0.29) is 0 Å². The largest absolute Gasteiger partial charge is 0.473 e. The van der Waals surface area contributed by atoms with Crippen molar-refractivity contribution < 1.29 is 9.37 Å². The van der Waals surface area contributed by atoms with Crippen LogP contribution in [0.4, 0.5) is 0 Å². The maximum atomic E-state index is 5.84. The van der Waals surface area contributed by atoms with Crippen LogP contribution in [0.5, 0.6) is 5.88 Å². The molecule has 0 aliphatic carbocycles. The molecule has 0 amide bonds. The van der Waals surface area contributed by atoms with Crippen LogP contribution in [0.15, 0.2) is 28.9 Å². The quantitative estimate of drug-likeness (QED) is 0.579. The van der Waals surface area contributed by atoms with Crippen molar-refractivity contribution in [1.82, 2.24) is 25.1 Å². The van der Waals surface area contributed by atoms with Crippen LogP contribution in [0.25, 0.3) is 22.1 Å². The highest BCUT2D eigenvalue weighted by Gasteiger charge is 2.12. The lowest BCUT2D eigenvalue weighted by Crippen LogP contribution is -2.00. The first-order chi connectivity index (χ1) is 11.1. The van der Waals surface area contributed by atoms with Crippen molar-refractivity contribution in [1.29, 1.82) is 0 Å². The third-order valence-corrected chi connectivity index (χ3v) is 3.85. The Morgan fingerprint density at radius 1 is 1.13 bits per heavy atom. The fraction of sp³-hybridized carbons (Fsp3) is 0.250. The first-order valence-corrected chi connectivity index (χ1v) is 7.27. The smallest absolute Gasteiger partial charge is 0.215 e. The van der Waals surface area contributed by atoms with Crippen molar-refractivity contribution in [2.24, 2.45) is 7.05 Å². The standard InChI is InChI=1S/C16H15N5O2/c1-9-6-14(17-16-15(9)10(2)18-21(16)3)22-8-11-4-5-12-13(7-11)20-23-19-12/h4-7H,8H2,1-3H3. The molecule has 0 radical (unpaired) electrons. The number of benzene rings is 1. The minimum absolute atomic E-state index is 0.400. The van der Waals surface area contributed by atoms with Gasteiger partial charge in [-0.2, -0.15) is 10.1 Å². The van der Waals surface area contributed by atoms with Crippen molar-refractivity contribution in [2.45, 2.75) is 20.5 Å².